The van der Waals surface area contributed by atoms with Gasteiger partial charge in [-0.2, -0.15) is 0 Å². The van der Waals surface area contributed by atoms with Crippen molar-refractivity contribution in [2.45, 2.75) is 46.6 Å². The molecule has 0 bridgehead atoms. The summed E-state index contributed by atoms with van der Waals surface area (Å²) in [5, 5.41) is 1.97. The van der Waals surface area contributed by atoms with E-state index in [1.165, 1.54) is 5.70 Å². The van der Waals surface area contributed by atoms with E-state index < -0.39 is 0 Å². The van der Waals surface area contributed by atoms with Crippen LogP contribution >= 0.6 is 0 Å². The Balaban J connectivity index is 2.63. The lowest BCUT2D eigenvalue weighted by atomic mass is 9.90. The van der Waals surface area contributed by atoms with Crippen molar-refractivity contribution in [3.05, 3.63) is 11.8 Å². The molecule has 0 amide bonds. The van der Waals surface area contributed by atoms with Crippen molar-refractivity contribution in [2.75, 3.05) is 13.2 Å². The summed E-state index contributed by atoms with van der Waals surface area (Å²) < 4.78 is 0. The second-order valence-electron chi connectivity index (χ2n) is 5.46. The molecule has 1 rings (SSSR count). The zero-order chi connectivity index (χ0) is 11.5. The van der Waals surface area contributed by atoms with Crippen LogP contribution in [0, 0.1) is 5.41 Å². The Kier molecular flexibility index (Phi) is 4.17. The summed E-state index contributed by atoms with van der Waals surface area (Å²) in [5.74, 6) is 0. The third-order valence-corrected chi connectivity index (χ3v) is 2.32. The summed E-state index contributed by atoms with van der Waals surface area (Å²) in [5.41, 5.74) is 7.39. The Morgan fingerprint density at radius 3 is 2.60 bits per heavy atom. The predicted octanol–water partition coefficient (Wildman–Crippen LogP) is 2.29. The smallest absolute Gasteiger partial charge is 0.0917 e. The van der Waals surface area contributed by atoms with Crippen LogP contribution in [-0.4, -0.2) is 24.3 Å². The van der Waals surface area contributed by atoms with Gasteiger partial charge < -0.3 is 5.73 Å². The molecule has 2 N–H and O–H groups in total. The van der Waals surface area contributed by atoms with Gasteiger partial charge in [0, 0.05) is 5.70 Å². The van der Waals surface area contributed by atoms with E-state index in [1.807, 2.05) is 5.06 Å². The zero-order valence-electron chi connectivity index (χ0n) is 10.4. The first-order valence-corrected chi connectivity index (χ1v) is 5.77. The summed E-state index contributed by atoms with van der Waals surface area (Å²) in [4.78, 5) is 5.57. The molecule has 1 fully saturated rings. The topological polar surface area (TPSA) is 38.5 Å². The van der Waals surface area contributed by atoms with E-state index in [2.05, 4.69) is 33.8 Å². The summed E-state index contributed by atoms with van der Waals surface area (Å²) in [6.07, 6.45) is 4.32. The first kappa shape index (κ1) is 12.5. The Labute approximate surface area is 93.2 Å². The second-order valence-corrected chi connectivity index (χ2v) is 5.46. The molecule has 1 heterocycles. The van der Waals surface area contributed by atoms with E-state index >= 15 is 0 Å². The average molecular weight is 212 g/mol. The Morgan fingerprint density at radius 2 is 2.20 bits per heavy atom. The summed E-state index contributed by atoms with van der Waals surface area (Å²) >= 11 is 0. The highest BCUT2D eigenvalue weighted by Gasteiger charge is 2.25. The van der Waals surface area contributed by atoms with Crippen LogP contribution in [0.3, 0.4) is 0 Å². The number of hydroxylamine groups is 2. The number of hydrogen-bond donors (Lipinski definition) is 1. The van der Waals surface area contributed by atoms with Crippen LogP contribution in [0.4, 0.5) is 0 Å². The van der Waals surface area contributed by atoms with Crippen LogP contribution < -0.4 is 5.73 Å². The van der Waals surface area contributed by atoms with Gasteiger partial charge in [-0.05, 0) is 18.3 Å². The van der Waals surface area contributed by atoms with Gasteiger partial charge in [-0.3, -0.25) is 9.90 Å². The maximum Gasteiger partial charge on any atom is 0.0917 e. The highest BCUT2D eigenvalue weighted by atomic mass is 16.7. The Hall–Kier alpha value is -0.540. The fraction of sp³-hybridized carbons (Fsp3) is 0.833. The molecule has 15 heavy (non-hydrogen) atoms. The van der Waals surface area contributed by atoms with Crippen molar-refractivity contribution in [1.82, 2.24) is 5.06 Å². The molecule has 88 valence electrons. The molecule has 1 unspecified atom stereocenters. The third-order valence-electron chi connectivity index (χ3n) is 2.32. The van der Waals surface area contributed by atoms with Crippen molar-refractivity contribution >= 4 is 0 Å². The van der Waals surface area contributed by atoms with Gasteiger partial charge in [0.25, 0.3) is 0 Å². The molecular weight excluding hydrogens is 188 g/mol. The lowest BCUT2D eigenvalue weighted by Crippen LogP contribution is -2.28. The van der Waals surface area contributed by atoms with E-state index in [0.29, 0.717) is 6.61 Å². The molecule has 3 nitrogen and oxygen atoms in total. The molecule has 0 saturated carbocycles. The van der Waals surface area contributed by atoms with E-state index in [-0.39, 0.29) is 11.5 Å². The maximum atomic E-state index is 5.83. The molecule has 0 radical (unpaired) electrons. The van der Waals surface area contributed by atoms with Gasteiger partial charge in [0.2, 0.25) is 0 Å². The minimum atomic E-state index is 0.158. The molecule has 0 aromatic carbocycles. The fourth-order valence-corrected chi connectivity index (χ4v) is 1.75. The molecule has 0 aliphatic carbocycles. The van der Waals surface area contributed by atoms with E-state index in [4.69, 9.17) is 10.6 Å². The zero-order valence-corrected chi connectivity index (χ0v) is 10.4. The Bertz CT molecular complexity index is 230. The normalized spacial score (nSPS) is 23.7. The van der Waals surface area contributed by atoms with Gasteiger partial charge in [0.15, 0.2) is 0 Å². The molecule has 0 aromatic heterocycles. The van der Waals surface area contributed by atoms with Crippen LogP contribution in [0.5, 0.6) is 0 Å². The molecular formula is C12H24N2O. The summed E-state index contributed by atoms with van der Waals surface area (Å²) in [6.45, 7) is 10.3. The van der Waals surface area contributed by atoms with E-state index in [0.717, 1.165) is 19.4 Å². The number of hydrogen-bond acceptors (Lipinski definition) is 3. The first-order valence-electron chi connectivity index (χ1n) is 5.77. The quantitative estimate of drug-likeness (QED) is 0.780. The van der Waals surface area contributed by atoms with E-state index in [9.17, 15) is 0 Å². The van der Waals surface area contributed by atoms with Gasteiger partial charge in [-0.25, -0.2) is 0 Å². The lowest BCUT2D eigenvalue weighted by Gasteiger charge is -2.26. The molecule has 1 saturated heterocycles. The minimum absolute atomic E-state index is 0.158. The highest BCUT2D eigenvalue weighted by molar-refractivity contribution is 5.03. The standard InChI is InChI=1S/C12H24N2O/c1-5-6-11(7-12(2,3)4)14-8-10(13)9-15-14/h6,10H,5,7-9,13H2,1-4H3/b11-6-. The fourth-order valence-electron chi connectivity index (χ4n) is 1.75. The molecule has 1 atom stereocenters. The van der Waals surface area contributed by atoms with Crippen LogP contribution in [0.25, 0.3) is 0 Å². The van der Waals surface area contributed by atoms with Crippen LogP contribution in [0.1, 0.15) is 40.5 Å². The largest absolute Gasteiger partial charge is 0.324 e. The molecule has 1 aliphatic rings. The van der Waals surface area contributed by atoms with Gasteiger partial charge >= 0.3 is 0 Å². The average Bonchev–Trinajstić information content (AvgIpc) is 2.48. The van der Waals surface area contributed by atoms with Crippen molar-refractivity contribution < 1.29 is 4.84 Å². The third kappa shape index (κ3) is 4.22. The number of allylic oxidation sites excluding steroid dienone is 2. The molecule has 0 aromatic rings. The van der Waals surface area contributed by atoms with Crippen molar-refractivity contribution in [1.29, 1.82) is 0 Å². The lowest BCUT2D eigenvalue weighted by molar-refractivity contribution is -0.0844. The summed E-state index contributed by atoms with van der Waals surface area (Å²) in [7, 11) is 0. The van der Waals surface area contributed by atoms with Gasteiger partial charge in [0.05, 0.1) is 19.2 Å². The van der Waals surface area contributed by atoms with E-state index in [1.54, 1.807) is 0 Å². The van der Waals surface area contributed by atoms with Crippen LogP contribution in [0.2, 0.25) is 0 Å². The predicted molar refractivity (Wildman–Crippen MR) is 63.1 cm³/mol. The Morgan fingerprint density at radius 1 is 1.53 bits per heavy atom. The van der Waals surface area contributed by atoms with Crippen molar-refractivity contribution in [3.8, 4) is 0 Å². The second kappa shape index (κ2) is 4.99. The van der Waals surface area contributed by atoms with Crippen molar-refractivity contribution in [3.63, 3.8) is 0 Å². The molecule has 3 heteroatoms. The first-order chi connectivity index (χ1) is 6.92. The molecule has 1 aliphatic heterocycles. The number of nitrogens with two attached hydrogens (primary N) is 1. The maximum absolute atomic E-state index is 5.83. The summed E-state index contributed by atoms with van der Waals surface area (Å²) in [6, 6.07) is 0.158. The van der Waals surface area contributed by atoms with Crippen LogP contribution in [-0.2, 0) is 4.84 Å². The van der Waals surface area contributed by atoms with Gasteiger partial charge in [0.1, 0.15) is 0 Å². The SMILES string of the molecule is CC/C=C(/CC(C)(C)C)N1CC(N)CO1. The van der Waals surface area contributed by atoms with Gasteiger partial charge in [-0.15, -0.1) is 0 Å². The highest BCUT2D eigenvalue weighted by Crippen LogP contribution is 2.28. The molecule has 0 spiro atoms. The van der Waals surface area contributed by atoms with Crippen LogP contribution in [0.15, 0.2) is 11.8 Å². The number of nitrogens with zero attached hydrogens (tertiary/aromatic N) is 1. The van der Waals surface area contributed by atoms with Gasteiger partial charge in [-0.1, -0.05) is 33.8 Å². The van der Waals surface area contributed by atoms with Crippen molar-refractivity contribution in [2.24, 2.45) is 11.1 Å². The number of rotatable bonds is 3. The minimum Gasteiger partial charge on any atom is -0.324 e. The monoisotopic (exact) mass is 212 g/mol.